The van der Waals surface area contributed by atoms with Gasteiger partial charge in [0.1, 0.15) is 5.69 Å². The van der Waals surface area contributed by atoms with E-state index in [1.807, 2.05) is 35.9 Å². The van der Waals surface area contributed by atoms with Crippen molar-refractivity contribution in [2.24, 2.45) is 7.05 Å². The van der Waals surface area contributed by atoms with Crippen LogP contribution in [0, 0.1) is 0 Å². The zero-order chi connectivity index (χ0) is 15.1. The van der Waals surface area contributed by atoms with E-state index < -0.39 is 0 Å². The Hall–Kier alpha value is -2.30. The summed E-state index contributed by atoms with van der Waals surface area (Å²) in [6, 6.07) is 7.92. The van der Waals surface area contributed by atoms with Crippen LogP contribution in [0.4, 0.5) is 0 Å². The fraction of sp³-hybridized carbons (Fsp3) is 0.375. The van der Waals surface area contributed by atoms with Crippen LogP contribution in [0.1, 0.15) is 28.4 Å². The van der Waals surface area contributed by atoms with Gasteiger partial charge in [0.25, 0.3) is 5.91 Å². The van der Waals surface area contributed by atoms with Crippen molar-refractivity contribution in [3.05, 3.63) is 35.5 Å². The standard InChI is InChI=1S/C16H18N2O3/c1-17-9-10(8-13(19)21-3)14-11-6-4-5-7-12(11)18(2)15(14)16(17)20/h4-7,10H,8-9H2,1-3H3. The molecular formula is C16H18N2O3. The SMILES string of the molecule is COC(=O)CC1CN(C)C(=O)c2c1c1ccccc1n2C. The molecule has 5 nitrogen and oxygen atoms in total. The summed E-state index contributed by atoms with van der Waals surface area (Å²) in [6.45, 7) is 0.537. The number of benzene rings is 1. The third kappa shape index (κ3) is 2.00. The van der Waals surface area contributed by atoms with Crippen molar-refractivity contribution < 1.29 is 14.3 Å². The first-order chi connectivity index (χ1) is 10.0. The van der Waals surface area contributed by atoms with E-state index in [9.17, 15) is 9.59 Å². The number of aryl methyl sites for hydroxylation is 1. The maximum Gasteiger partial charge on any atom is 0.306 e. The van der Waals surface area contributed by atoms with E-state index in [4.69, 9.17) is 4.74 Å². The van der Waals surface area contributed by atoms with Gasteiger partial charge in [0, 0.05) is 37.5 Å². The lowest BCUT2D eigenvalue weighted by molar-refractivity contribution is -0.141. The molecule has 1 aromatic carbocycles. The Morgan fingerprint density at radius 3 is 2.76 bits per heavy atom. The van der Waals surface area contributed by atoms with Crippen molar-refractivity contribution in [3.63, 3.8) is 0 Å². The molecule has 1 atom stereocenters. The van der Waals surface area contributed by atoms with Gasteiger partial charge in [0.15, 0.2) is 0 Å². The minimum Gasteiger partial charge on any atom is -0.469 e. The first-order valence-corrected chi connectivity index (χ1v) is 6.94. The van der Waals surface area contributed by atoms with E-state index in [2.05, 4.69) is 0 Å². The van der Waals surface area contributed by atoms with E-state index >= 15 is 0 Å². The molecule has 21 heavy (non-hydrogen) atoms. The zero-order valence-corrected chi connectivity index (χ0v) is 12.4. The van der Waals surface area contributed by atoms with Gasteiger partial charge >= 0.3 is 5.97 Å². The minimum atomic E-state index is -0.248. The first kappa shape index (κ1) is 13.7. The summed E-state index contributed by atoms with van der Waals surface area (Å²) in [4.78, 5) is 25.9. The van der Waals surface area contributed by atoms with E-state index in [0.29, 0.717) is 12.2 Å². The fourth-order valence-electron chi connectivity index (χ4n) is 3.23. The zero-order valence-electron chi connectivity index (χ0n) is 12.4. The number of carbonyl (C=O) groups excluding carboxylic acids is 2. The first-order valence-electron chi connectivity index (χ1n) is 6.94. The lowest BCUT2D eigenvalue weighted by Crippen LogP contribution is -2.38. The largest absolute Gasteiger partial charge is 0.469 e. The number of amides is 1. The highest BCUT2D eigenvalue weighted by Gasteiger charge is 2.35. The van der Waals surface area contributed by atoms with Gasteiger partial charge in [-0.2, -0.15) is 0 Å². The molecule has 3 rings (SSSR count). The van der Waals surface area contributed by atoms with Crippen LogP contribution in [0.5, 0.6) is 0 Å². The highest BCUT2D eigenvalue weighted by molar-refractivity contribution is 6.03. The van der Waals surface area contributed by atoms with Gasteiger partial charge in [-0.1, -0.05) is 18.2 Å². The van der Waals surface area contributed by atoms with E-state index in [1.54, 1.807) is 11.9 Å². The normalized spacial score (nSPS) is 18.0. The summed E-state index contributed by atoms with van der Waals surface area (Å²) in [6.07, 6.45) is 0.287. The van der Waals surface area contributed by atoms with Crippen molar-refractivity contribution in [3.8, 4) is 0 Å². The topological polar surface area (TPSA) is 51.5 Å². The lowest BCUT2D eigenvalue weighted by Gasteiger charge is -2.30. The van der Waals surface area contributed by atoms with Gasteiger partial charge in [0.2, 0.25) is 0 Å². The second kappa shape index (κ2) is 4.91. The summed E-state index contributed by atoms with van der Waals surface area (Å²) < 4.78 is 6.72. The summed E-state index contributed by atoms with van der Waals surface area (Å²) >= 11 is 0. The van der Waals surface area contributed by atoms with Crippen LogP contribution in [0.25, 0.3) is 10.9 Å². The van der Waals surface area contributed by atoms with Crippen LogP contribution >= 0.6 is 0 Å². The average molecular weight is 286 g/mol. The van der Waals surface area contributed by atoms with Crippen LogP contribution in [-0.2, 0) is 16.6 Å². The number of esters is 1. The maximum absolute atomic E-state index is 12.5. The summed E-state index contributed by atoms with van der Waals surface area (Å²) in [5.41, 5.74) is 2.67. The number of hydrogen-bond acceptors (Lipinski definition) is 3. The molecule has 0 bridgehead atoms. The molecule has 2 heterocycles. The van der Waals surface area contributed by atoms with Crippen molar-refractivity contribution in [2.45, 2.75) is 12.3 Å². The molecule has 1 aromatic heterocycles. The second-order valence-electron chi connectivity index (χ2n) is 5.50. The average Bonchev–Trinajstić information content (AvgIpc) is 2.78. The van der Waals surface area contributed by atoms with Crippen LogP contribution in [-0.4, -0.2) is 42.0 Å². The number of carbonyl (C=O) groups is 2. The second-order valence-corrected chi connectivity index (χ2v) is 5.50. The molecule has 0 fully saturated rings. The Morgan fingerprint density at radius 1 is 1.33 bits per heavy atom. The molecule has 1 amide bonds. The van der Waals surface area contributed by atoms with Crippen LogP contribution in [0.15, 0.2) is 24.3 Å². The molecular weight excluding hydrogens is 268 g/mol. The predicted molar refractivity (Wildman–Crippen MR) is 79.3 cm³/mol. The molecule has 0 aliphatic carbocycles. The number of ether oxygens (including phenoxy) is 1. The van der Waals surface area contributed by atoms with Crippen molar-refractivity contribution in [2.75, 3.05) is 20.7 Å². The third-order valence-electron chi connectivity index (χ3n) is 4.24. The number of methoxy groups -OCH3 is 1. The van der Waals surface area contributed by atoms with Gasteiger partial charge in [-0.3, -0.25) is 9.59 Å². The summed E-state index contributed by atoms with van der Waals surface area (Å²) in [5.74, 6) is -0.271. The minimum absolute atomic E-state index is 0.00446. The Morgan fingerprint density at radius 2 is 2.05 bits per heavy atom. The van der Waals surface area contributed by atoms with E-state index in [-0.39, 0.29) is 24.2 Å². The van der Waals surface area contributed by atoms with Crippen LogP contribution < -0.4 is 0 Å². The van der Waals surface area contributed by atoms with Crippen molar-refractivity contribution in [1.82, 2.24) is 9.47 Å². The smallest absolute Gasteiger partial charge is 0.306 e. The van der Waals surface area contributed by atoms with Gasteiger partial charge < -0.3 is 14.2 Å². The van der Waals surface area contributed by atoms with E-state index in [1.165, 1.54) is 7.11 Å². The molecule has 0 N–H and O–H groups in total. The van der Waals surface area contributed by atoms with Crippen molar-refractivity contribution >= 4 is 22.8 Å². The molecule has 0 saturated heterocycles. The number of fused-ring (bicyclic) bond motifs is 3. The van der Waals surface area contributed by atoms with E-state index in [0.717, 1.165) is 16.5 Å². The van der Waals surface area contributed by atoms with Crippen LogP contribution in [0.2, 0.25) is 0 Å². The predicted octanol–water partition coefficient (Wildman–Crippen LogP) is 1.91. The summed E-state index contributed by atoms with van der Waals surface area (Å²) in [7, 11) is 5.06. The molecule has 0 radical (unpaired) electrons. The molecule has 0 spiro atoms. The monoisotopic (exact) mass is 286 g/mol. The summed E-state index contributed by atoms with van der Waals surface area (Å²) in [5, 5.41) is 1.05. The Balaban J connectivity index is 2.22. The number of para-hydroxylation sites is 1. The highest BCUT2D eigenvalue weighted by Crippen LogP contribution is 2.37. The van der Waals surface area contributed by atoms with Gasteiger partial charge in [0.05, 0.1) is 13.5 Å². The molecule has 1 unspecified atom stereocenters. The van der Waals surface area contributed by atoms with Crippen LogP contribution in [0.3, 0.4) is 0 Å². The third-order valence-corrected chi connectivity index (χ3v) is 4.24. The Labute approximate surface area is 123 Å². The van der Waals surface area contributed by atoms with Gasteiger partial charge in [-0.25, -0.2) is 0 Å². The number of hydrogen-bond donors (Lipinski definition) is 0. The molecule has 0 saturated carbocycles. The number of rotatable bonds is 2. The maximum atomic E-state index is 12.5. The number of likely N-dealkylation sites (N-methyl/N-ethyl adjacent to an activating group) is 1. The Bertz CT molecular complexity index is 732. The quantitative estimate of drug-likeness (QED) is 0.792. The lowest BCUT2D eigenvalue weighted by atomic mass is 9.89. The molecule has 2 aromatic rings. The van der Waals surface area contributed by atoms with Gasteiger partial charge in [-0.15, -0.1) is 0 Å². The fourth-order valence-corrected chi connectivity index (χ4v) is 3.23. The Kier molecular flexibility index (Phi) is 3.20. The van der Waals surface area contributed by atoms with Gasteiger partial charge in [-0.05, 0) is 11.6 Å². The molecule has 5 heteroatoms. The van der Waals surface area contributed by atoms with Crippen molar-refractivity contribution in [1.29, 1.82) is 0 Å². The number of aromatic nitrogens is 1. The molecule has 1 aliphatic heterocycles. The molecule has 110 valence electrons. The highest BCUT2D eigenvalue weighted by atomic mass is 16.5. The number of nitrogens with zero attached hydrogens (tertiary/aromatic N) is 2. The molecule has 1 aliphatic rings.